The van der Waals surface area contributed by atoms with Crippen LogP contribution in [0.15, 0.2) is 0 Å². The molecule has 0 amide bonds. The highest BCUT2D eigenvalue weighted by Gasteiger charge is 2.09. The number of hydrogen-bond acceptors (Lipinski definition) is 1. The van der Waals surface area contributed by atoms with Crippen molar-refractivity contribution in [1.29, 1.82) is 0 Å². The van der Waals surface area contributed by atoms with E-state index in [4.69, 9.17) is 0 Å². The minimum atomic E-state index is 0.339. The van der Waals surface area contributed by atoms with Crippen LogP contribution in [-0.2, 0) is 4.79 Å². The van der Waals surface area contributed by atoms with Gasteiger partial charge in [0.15, 0.2) is 0 Å². The molecule has 2 heteroatoms. The van der Waals surface area contributed by atoms with E-state index in [-0.39, 0.29) is 0 Å². The van der Waals surface area contributed by atoms with Crippen LogP contribution in [0.1, 0.15) is 111 Å². The van der Waals surface area contributed by atoms with E-state index in [9.17, 15) is 4.79 Å². The fraction of sp³-hybridized carbons (Fsp3) is 0.950. The van der Waals surface area contributed by atoms with E-state index >= 15 is 0 Å². The van der Waals surface area contributed by atoms with Gasteiger partial charge in [-0.2, -0.15) is 0 Å². The molecule has 0 fully saturated rings. The Morgan fingerprint density at radius 3 is 2.05 bits per heavy atom. The summed E-state index contributed by atoms with van der Waals surface area (Å²) in [6, 6.07) is 0. The molecule has 2 unspecified atom stereocenters. The molecule has 0 radical (unpaired) electrons. The predicted octanol–water partition coefficient (Wildman–Crippen LogP) is 7.46. The lowest BCUT2D eigenvalue weighted by atomic mass is 9.96. The van der Waals surface area contributed by atoms with Gasteiger partial charge in [0.05, 0.1) is 0 Å². The molecule has 0 spiro atoms. The third kappa shape index (κ3) is 16.5. The summed E-state index contributed by atoms with van der Waals surface area (Å²) in [7, 11) is 0. The average molecular weight is 375 g/mol. The van der Waals surface area contributed by atoms with Gasteiger partial charge in [-0.1, -0.05) is 94.0 Å². The largest absolute Gasteiger partial charge is 0.300 e. The molecule has 2 atom stereocenters. The molecule has 132 valence electrons. The maximum Gasteiger partial charge on any atom is 0.129 e. The van der Waals surface area contributed by atoms with Gasteiger partial charge in [-0.05, 0) is 32.1 Å². The summed E-state index contributed by atoms with van der Waals surface area (Å²) < 4.78 is 0. The normalized spacial score (nSPS) is 14.0. The van der Waals surface area contributed by atoms with Gasteiger partial charge in [0.25, 0.3) is 0 Å². The molecule has 0 rings (SSSR count). The predicted molar refractivity (Wildman–Crippen MR) is 103 cm³/mol. The van der Waals surface area contributed by atoms with E-state index in [0.29, 0.717) is 10.6 Å². The molecule has 0 aliphatic carbocycles. The van der Waals surface area contributed by atoms with Crippen molar-refractivity contribution in [2.45, 2.75) is 115 Å². The van der Waals surface area contributed by atoms with Crippen LogP contribution in [0.4, 0.5) is 0 Å². The number of Topliss-reactive ketones (excluding diaryl/α,β-unsaturated/α-hetero) is 1. The van der Waals surface area contributed by atoms with E-state index in [1.807, 2.05) is 0 Å². The highest BCUT2D eigenvalue weighted by molar-refractivity contribution is 9.09. The van der Waals surface area contributed by atoms with E-state index in [2.05, 4.69) is 29.8 Å². The van der Waals surface area contributed by atoms with Gasteiger partial charge in [0, 0.05) is 11.2 Å². The summed E-state index contributed by atoms with van der Waals surface area (Å²) in [6.45, 7) is 6.39. The Kier molecular flexibility index (Phi) is 16.1. The van der Waals surface area contributed by atoms with Crippen molar-refractivity contribution >= 4 is 21.7 Å². The SMILES string of the molecule is CCCCCCC(C)CC(Br)CCCCCCCCC(C)=O. The molecule has 0 aromatic heterocycles. The zero-order chi connectivity index (χ0) is 16.6. The summed E-state index contributed by atoms with van der Waals surface area (Å²) in [6.07, 6.45) is 18.1. The summed E-state index contributed by atoms with van der Waals surface area (Å²) in [5.41, 5.74) is 0. The minimum Gasteiger partial charge on any atom is -0.300 e. The standard InChI is InChI=1S/C20H39BrO/c1-4-5-6-11-14-18(2)17-20(21)16-13-10-8-7-9-12-15-19(3)22/h18,20H,4-17H2,1-3H3. The number of unbranched alkanes of at least 4 members (excludes halogenated alkanes) is 8. The van der Waals surface area contributed by atoms with Gasteiger partial charge < -0.3 is 4.79 Å². The lowest BCUT2D eigenvalue weighted by molar-refractivity contribution is -0.117. The highest BCUT2D eigenvalue weighted by Crippen LogP contribution is 2.23. The average Bonchev–Trinajstić information content (AvgIpc) is 2.46. The molecule has 0 aromatic carbocycles. The second kappa shape index (κ2) is 16.0. The minimum absolute atomic E-state index is 0.339. The van der Waals surface area contributed by atoms with E-state index < -0.39 is 0 Å². The fourth-order valence-corrected chi connectivity index (χ4v) is 4.00. The number of ketones is 1. The molecular weight excluding hydrogens is 336 g/mol. The summed E-state index contributed by atoms with van der Waals surface area (Å²) in [5.74, 6) is 1.21. The molecule has 0 saturated carbocycles. The van der Waals surface area contributed by atoms with Crippen molar-refractivity contribution in [1.82, 2.24) is 0 Å². The first-order chi connectivity index (χ1) is 10.6. The fourth-order valence-electron chi connectivity index (χ4n) is 3.04. The molecular formula is C20H39BrO. The molecule has 0 aliphatic heterocycles. The zero-order valence-corrected chi connectivity index (χ0v) is 16.9. The number of alkyl halides is 1. The van der Waals surface area contributed by atoms with E-state index in [1.54, 1.807) is 6.92 Å². The number of halogens is 1. The van der Waals surface area contributed by atoms with Gasteiger partial charge in [-0.15, -0.1) is 0 Å². The first-order valence-electron chi connectivity index (χ1n) is 9.69. The van der Waals surface area contributed by atoms with Crippen molar-refractivity contribution < 1.29 is 4.79 Å². The lowest BCUT2D eigenvalue weighted by Gasteiger charge is -2.16. The Bertz CT molecular complexity index is 252. The van der Waals surface area contributed by atoms with Crippen LogP contribution in [0.3, 0.4) is 0 Å². The lowest BCUT2D eigenvalue weighted by Crippen LogP contribution is -2.05. The molecule has 0 saturated heterocycles. The maximum absolute atomic E-state index is 10.8. The summed E-state index contributed by atoms with van der Waals surface area (Å²) >= 11 is 3.87. The number of hydrogen-bond donors (Lipinski definition) is 0. The van der Waals surface area contributed by atoms with Crippen LogP contribution < -0.4 is 0 Å². The first-order valence-corrected chi connectivity index (χ1v) is 10.6. The molecule has 0 N–H and O–H groups in total. The van der Waals surface area contributed by atoms with E-state index in [1.165, 1.54) is 77.0 Å². The quantitative estimate of drug-likeness (QED) is 0.202. The third-order valence-electron chi connectivity index (χ3n) is 4.50. The van der Waals surface area contributed by atoms with Gasteiger partial charge >= 0.3 is 0 Å². The van der Waals surface area contributed by atoms with Crippen LogP contribution >= 0.6 is 15.9 Å². The summed E-state index contributed by atoms with van der Waals surface area (Å²) in [5, 5.41) is 0. The number of carbonyl (C=O) groups is 1. The molecule has 1 nitrogen and oxygen atoms in total. The smallest absolute Gasteiger partial charge is 0.129 e. The molecule has 22 heavy (non-hydrogen) atoms. The molecule has 0 aliphatic rings. The van der Waals surface area contributed by atoms with Crippen LogP contribution in [-0.4, -0.2) is 10.6 Å². The first kappa shape index (κ1) is 22.1. The Hall–Kier alpha value is 0.150. The zero-order valence-electron chi connectivity index (χ0n) is 15.3. The Morgan fingerprint density at radius 1 is 0.864 bits per heavy atom. The van der Waals surface area contributed by atoms with Crippen LogP contribution in [0, 0.1) is 5.92 Å². The van der Waals surface area contributed by atoms with Crippen LogP contribution in [0.2, 0.25) is 0 Å². The van der Waals surface area contributed by atoms with Gasteiger partial charge in [0.2, 0.25) is 0 Å². The molecule has 0 heterocycles. The Balaban J connectivity index is 3.34. The Morgan fingerprint density at radius 2 is 1.41 bits per heavy atom. The second-order valence-corrected chi connectivity index (χ2v) is 8.44. The topological polar surface area (TPSA) is 17.1 Å². The van der Waals surface area contributed by atoms with Crippen molar-refractivity contribution in [2.75, 3.05) is 0 Å². The van der Waals surface area contributed by atoms with Gasteiger partial charge in [0.1, 0.15) is 5.78 Å². The monoisotopic (exact) mass is 374 g/mol. The highest BCUT2D eigenvalue weighted by atomic mass is 79.9. The van der Waals surface area contributed by atoms with E-state index in [0.717, 1.165) is 18.8 Å². The third-order valence-corrected chi connectivity index (χ3v) is 5.34. The Labute approximate surface area is 148 Å². The maximum atomic E-state index is 10.8. The van der Waals surface area contributed by atoms with Gasteiger partial charge in [-0.25, -0.2) is 0 Å². The molecule has 0 aromatic rings. The number of rotatable bonds is 16. The van der Waals surface area contributed by atoms with Crippen LogP contribution in [0.25, 0.3) is 0 Å². The second-order valence-electron chi connectivity index (χ2n) is 7.15. The van der Waals surface area contributed by atoms with Crippen molar-refractivity contribution in [3.63, 3.8) is 0 Å². The van der Waals surface area contributed by atoms with Gasteiger partial charge in [-0.3, -0.25) is 0 Å². The number of carbonyl (C=O) groups excluding carboxylic acids is 1. The molecule has 0 bridgehead atoms. The van der Waals surface area contributed by atoms with Crippen molar-refractivity contribution in [3.8, 4) is 0 Å². The summed E-state index contributed by atoms with van der Waals surface area (Å²) in [4.78, 5) is 11.5. The van der Waals surface area contributed by atoms with Crippen LogP contribution in [0.5, 0.6) is 0 Å². The van der Waals surface area contributed by atoms with Crippen molar-refractivity contribution in [2.24, 2.45) is 5.92 Å². The van der Waals surface area contributed by atoms with Crippen molar-refractivity contribution in [3.05, 3.63) is 0 Å².